The standard InChI is InChI=1S/C20H23N3O4S/c1-22(14-15-7-4-3-5-8-15)20(25)18(11-12-28-2)21-19(24)16-9-6-10-17(13-16)23(26)27/h3-10,13,18H,11-12,14H2,1-2H3,(H,21,24). The molecule has 0 aliphatic carbocycles. The molecule has 2 amide bonds. The fourth-order valence-electron chi connectivity index (χ4n) is 2.70. The lowest BCUT2D eigenvalue weighted by Crippen LogP contribution is -2.47. The second kappa shape index (κ2) is 10.5. The molecule has 2 aromatic carbocycles. The number of thioether (sulfide) groups is 1. The quantitative estimate of drug-likeness (QED) is 0.515. The summed E-state index contributed by atoms with van der Waals surface area (Å²) in [7, 11) is 1.70. The lowest BCUT2D eigenvalue weighted by atomic mass is 10.1. The Labute approximate surface area is 168 Å². The zero-order valence-corrected chi connectivity index (χ0v) is 16.6. The van der Waals surface area contributed by atoms with Gasteiger partial charge in [0.1, 0.15) is 6.04 Å². The third-order valence-electron chi connectivity index (χ3n) is 4.17. The first kappa shape index (κ1) is 21.4. The van der Waals surface area contributed by atoms with Gasteiger partial charge in [0, 0.05) is 31.3 Å². The number of non-ortho nitro benzene ring substituents is 1. The van der Waals surface area contributed by atoms with E-state index < -0.39 is 16.9 Å². The second-order valence-electron chi connectivity index (χ2n) is 6.29. The molecule has 1 unspecified atom stereocenters. The molecule has 0 fully saturated rings. The fourth-order valence-corrected chi connectivity index (χ4v) is 3.17. The first-order chi connectivity index (χ1) is 13.4. The van der Waals surface area contributed by atoms with Crippen molar-refractivity contribution >= 4 is 29.3 Å². The van der Waals surface area contributed by atoms with Crippen LogP contribution < -0.4 is 5.32 Å². The van der Waals surface area contributed by atoms with E-state index in [1.165, 1.54) is 24.3 Å². The van der Waals surface area contributed by atoms with Gasteiger partial charge in [-0.05, 0) is 30.1 Å². The molecule has 0 aliphatic rings. The summed E-state index contributed by atoms with van der Waals surface area (Å²) in [5, 5.41) is 13.7. The van der Waals surface area contributed by atoms with Crippen molar-refractivity contribution in [3.8, 4) is 0 Å². The summed E-state index contributed by atoms with van der Waals surface area (Å²) in [4.78, 5) is 37.4. The fraction of sp³-hybridized carbons (Fsp3) is 0.300. The second-order valence-corrected chi connectivity index (χ2v) is 7.28. The van der Waals surface area contributed by atoms with Crippen LogP contribution in [0.3, 0.4) is 0 Å². The van der Waals surface area contributed by atoms with E-state index in [0.717, 1.165) is 5.56 Å². The molecule has 2 rings (SSSR count). The largest absolute Gasteiger partial charge is 0.340 e. The van der Waals surface area contributed by atoms with Gasteiger partial charge in [0.05, 0.1) is 4.92 Å². The summed E-state index contributed by atoms with van der Waals surface area (Å²) >= 11 is 1.58. The smallest absolute Gasteiger partial charge is 0.270 e. The van der Waals surface area contributed by atoms with Crippen LogP contribution in [-0.4, -0.2) is 46.7 Å². The van der Waals surface area contributed by atoms with Gasteiger partial charge < -0.3 is 10.2 Å². The minimum Gasteiger partial charge on any atom is -0.340 e. The number of nitro groups is 1. The summed E-state index contributed by atoms with van der Waals surface area (Å²) in [6.07, 6.45) is 2.40. The Morgan fingerprint density at radius 2 is 1.89 bits per heavy atom. The number of benzene rings is 2. The molecule has 0 aromatic heterocycles. The predicted octanol–water partition coefficient (Wildman–Crippen LogP) is 3.10. The molecule has 0 spiro atoms. The highest BCUT2D eigenvalue weighted by Crippen LogP contribution is 2.14. The van der Waals surface area contributed by atoms with Crippen LogP contribution in [0.1, 0.15) is 22.3 Å². The third kappa shape index (κ3) is 6.09. The average molecular weight is 401 g/mol. The van der Waals surface area contributed by atoms with Crippen LogP contribution in [-0.2, 0) is 11.3 Å². The van der Waals surface area contributed by atoms with Gasteiger partial charge in [-0.1, -0.05) is 36.4 Å². The molecule has 28 heavy (non-hydrogen) atoms. The van der Waals surface area contributed by atoms with Crippen LogP contribution in [0.25, 0.3) is 0 Å². The van der Waals surface area contributed by atoms with Gasteiger partial charge >= 0.3 is 0 Å². The number of nitrogens with zero attached hydrogens (tertiary/aromatic N) is 2. The lowest BCUT2D eigenvalue weighted by molar-refractivity contribution is -0.384. The predicted molar refractivity (Wildman–Crippen MR) is 110 cm³/mol. The van der Waals surface area contributed by atoms with E-state index in [1.54, 1.807) is 23.7 Å². The zero-order chi connectivity index (χ0) is 20.5. The SMILES string of the molecule is CSCCC(NC(=O)c1cccc([N+](=O)[O-])c1)C(=O)N(C)Cc1ccccc1. The van der Waals surface area contributed by atoms with Crippen molar-refractivity contribution in [3.63, 3.8) is 0 Å². The third-order valence-corrected chi connectivity index (χ3v) is 4.82. The Morgan fingerprint density at radius 1 is 1.18 bits per heavy atom. The van der Waals surface area contributed by atoms with Crippen molar-refractivity contribution in [2.75, 3.05) is 19.1 Å². The number of amides is 2. The van der Waals surface area contributed by atoms with E-state index in [0.29, 0.717) is 18.7 Å². The molecule has 2 aromatic rings. The normalized spacial score (nSPS) is 11.5. The highest BCUT2D eigenvalue weighted by Gasteiger charge is 2.24. The molecule has 1 atom stereocenters. The van der Waals surface area contributed by atoms with E-state index in [2.05, 4.69) is 5.32 Å². The maximum absolute atomic E-state index is 12.9. The van der Waals surface area contributed by atoms with Crippen LogP contribution in [0.2, 0.25) is 0 Å². The van der Waals surface area contributed by atoms with Crippen molar-refractivity contribution in [2.24, 2.45) is 0 Å². The molecule has 0 saturated heterocycles. The zero-order valence-electron chi connectivity index (χ0n) is 15.8. The lowest BCUT2D eigenvalue weighted by Gasteiger charge is -2.24. The van der Waals surface area contributed by atoms with Gasteiger partial charge in [-0.25, -0.2) is 0 Å². The Hall–Kier alpha value is -2.87. The summed E-state index contributed by atoms with van der Waals surface area (Å²) in [6.45, 7) is 0.433. The maximum Gasteiger partial charge on any atom is 0.270 e. The molecule has 8 heteroatoms. The van der Waals surface area contributed by atoms with E-state index >= 15 is 0 Å². The van der Waals surface area contributed by atoms with E-state index in [9.17, 15) is 19.7 Å². The number of hydrogen-bond acceptors (Lipinski definition) is 5. The van der Waals surface area contributed by atoms with Gasteiger partial charge in [0.15, 0.2) is 0 Å². The average Bonchev–Trinajstić information content (AvgIpc) is 2.71. The Balaban J connectivity index is 2.11. The number of nitrogens with one attached hydrogen (secondary N) is 1. The van der Waals surface area contributed by atoms with Crippen LogP contribution in [0.5, 0.6) is 0 Å². The van der Waals surface area contributed by atoms with E-state index in [1.807, 2.05) is 36.6 Å². The van der Waals surface area contributed by atoms with Crippen LogP contribution >= 0.6 is 11.8 Å². The number of likely N-dealkylation sites (N-methyl/N-ethyl adjacent to an activating group) is 1. The van der Waals surface area contributed by atoms with Gasteiger partial charge in [-0.15, -0.1) is 0 Å². The summed E-state index contributed by atoms with van der Waals surface area (Å²) in [6, 6.07) is 14.4. The van der Waals surface area contributed by atoms with Crippen molar-refractivity contribution in [2.45, 2.75) is 19.0 Å². The highest BCUT2D eigenvalue weighted by atomic mass is 32.2. The molecular weight excluding hydrogens is 378 g/mol. The minimum absolute atomic E-state index is 0.155. The van der Waals surface area contributed by atoms with Gasteiger partial charge in [-0.3, -0.25) is 19.7 Å². The Morgan fingerprint density at radius 3 is 2.54 bits per heavy atom. The first-order valence-corrected chi connectivity index (χ1v) is 10.1. The monoisotopic (exact) mass is 401 g/mol. The van der Waals surface area contributed by atoms with E-state index in [4.69, 9.17) is 0 Å². The Bertz CT molecular complexity index is 829. The van der Waals surface area contributed by atoms with Crippen LogP contribution in [0, 0.1) is 10.1 Å². The van der Waals surface area contributed by atoms with Gasteiger partial charge in [-0.2, -0.15) is 11.8 Å². The van der Waals surface area contributed by atoms with Crippen molar-refractivity contribution in [1.29, 1.82) is 0 Å². The molecule has 1 N–H and O–H groups in total. The number of nitro benzene ring substituents is 1. The highest BCUT2D eigenvalue weighted by molar-refractivity contribution is 7.98. The Kier molecular flexibility index (Phi) is 8.01. The van der Waals surface area contributed by atoms with E-state index in [-0.39, 0.29) is 17.2 Å². The number of hydrogen-bond donors (Lipinski definition) is 1. The first-order valence-electron chi connectivity index (χ1n) is 8.75. The molecule has 0 bridgehead atoms. The molecule has 0 aliphatic heterocycles. The summed E-state index contributed by atoms with van der Waals surface area (Å²) in [5.74, 6) is -0.00177. The van der Waals surface area contributed by atoms with Crippen molar-refractivity contribution in [3.05, 3.63) is 75.8 Å². The van der Waals surface area contributed by atoms with Crippen LogP contribution in [0.15, 0.2) is 54.6 Å². The summed E-state index contributed by atoms with van der Waals surface area (Å²) in [5.41, 5.74) is 0.981. The molecule has 7 nitrogen and oxygen atoms in total. The van der Waals surface area contributed by atoms with Gasteiger partial charge in [0.25, 0.3) is 11.6 Å². The topological polar surface area (TPSA) is 92.5 Å². The van der Waals surface area contributed by atoms with Gasteiger partial charge in [0.2, 0.25) is 5.91 Å². The molecule has 0 heterocycles. The van der Waals surface area contributed by atoms with Crippen molar-refractivity contribution < 1.29 is 14.5 Å². The molecular formula is C20H23N3O4S. The molecule has 0 radical (unpaired) electrons. The van der Waals surface area contributed by atoms with Crippen LogP contribution in [0.4, 0.5) is 5.69 Å². The minimum atomic E-state index is -0.701. The maximum atomic E-state index is 12.9. The molecule has 0 saturated carbocycles. The van der Waals surface area contributed by atoms with Crippen molar-refractivity contribution in [1.82, 2.24) is 10.2 Å². The number of carbonyl (C=O) groups is 2. The summed E-state index contributed by atoms with van der Waals surface area (Å²) < 4.78 is 0. The molecule has 148 valence electrons. The number of rotatable bonds is 9. The number of carbonyl (C=O) groups excluding carboxylic acids is 2.